The van der Waals surface area contributed by atoms with Crippen molar-refractivity contribution in [1.82, 2.24) is 4.57 Å². The van der Waals surface area contributed by atoms with Crippen LogP contribution >= 0.6 is 0 Å². The van der Waals surface area contributed by atoms with E-state index in [0.717, 1.165) is 50.6 Å². The third kappa shape index (κ3) is 4.66. The van der Waals surface area contributed by atoms with Gasteiger partial charge in [0.2, 0.25) is 0 Å². The first kappa shape index (κ1) is 25.2. The number of benzene rings is 4. The molecule has 1 heterocycles. The smallest absolute Gasteiger partial charge is 0.353 e. The molecule has 0 amide bonds. The Morgan fingerprint density at radius 2 is 1.47 bits per heavy atom. The summed E-state index contributed by atoms with van der Waals surface area (Å²) in [5, 5.41) is 11.4. The molecule has 0 aliphatic rings. The number of nitrogens with zero attached hydrogens (tertiary/aromatic N) is 1. The van der Waals surface area contributed by atoms with Gasteiger partial charge in [-0.1, -0.05) is 99.6 Å². The van der Waals surface area contributed by atoms with Gasteiger partial charge in [-0.3, -0.25) is 4.79 Å². The van der Waals surface area contributed by atoms with E-state index in [1.54, 1.807) is 12.1 Å². The molecule has 0 spiro atoms. The summed E-state index contributed by atoms with van der Waals surface area (Å²) in [5.41, 5.74) is 8.82. The molecule has 4 heteroatoms. The van der Waals surface area contributed by atoms with Crippen LogP contribution in [0.5, 0.6) is 0 Å². The van der Waals surface area contributed by atoms with E-state index in [0.29, 0.717) is 12.1 Å². The molecule has 5 aromatic rings. The molecular weight excluding hydrogens is 470 g/mol. The van der Waals surface area contributed by atoms with Crippen LogP contribution in [0, 0.1) is 6.92 Å². The Bertz CT molecular complexity index is 1650. The summed E-state index contributed by atoms with van der Waals surface area (Å²) >= 11 is 0. The highest BCUT2D eigenvalue weighted by Crippen LogP contribution is 2.37. The average molecular weight is 502 g/mol. The van der Waals surface area contributed by atoms with Crippen molar-refractivity contribution in [3.8, 4) is 22.3 Å². The Balaban J connectivity index is 1.65. The van der Waals surface area contributed by atoms with Crippen molar-refractivity contribution in [3.05, 3.63) is 119 Å². The van der Waals surface area contributed by atoms with Crippen LogP contribution in [0.2, 0.25) is 0 Å². The topological polar surface area (TPSA) is 59.3 Å². The quantitative estimate of drug-likeness (QED) is 0.239. The molecule has 5 rings (SSSR count). The molecule has 0 bridgehead atoms. The van der Waals surface area contributed by atoms with Gasteiger partial charge in [0.15, 0.2) is 0 Å². The van der Waals surface area contributed by atoms with E-state index in [4.69, 9.17) is 0 Å². The maximum Gasteiger partial charge on any atom is 0.353 e. The molecule has 4 aromatic carbocycles. The summed E-state index contributed by atoms with van der Waals surface area (Å²) in [7, 11) is 0. The number of aromatic nitrogens is 1. The zero-order valence-corrected chi connectivity index (χ0v) is 22.2. The number of para-hydroxylation sites is 1. The number of carboxylic acids is 1. The SMILES string of the molecule is Cc1ccc(-c2ccc(C=O)cc2)cc1Cn1c(C(=O)O)c(-c2ccc(C(C)(C)C)cc2)c2ccccc21. The molecular formula is C34H31NO3. The molecule has 0 fully saturated rings. The maximum absolute atomic E-state index is 12.8. The van der Waals surface area contributed by atoms with Gasteiger partial charge in [0.05, 0.1) is 0 Å². The lowest BCUT2D eigenvalue weighted by Crippen LogP contribution is -2.12. The van der Waals surface area contributed by atoms with E-state index >= 15 is 0 Å². The molecule has 0 atom stereocenters. The van der Waals surface area contributed by atoms with Crippen LogP contribution in [0.25, 0.3) is 33.2 Å². The van der Waals surface area contributed by atoms with Gasteiger partial charge in [0.25, 0.3) is 0 Å². The van der Waals surface area contributed by atoms with E-state index in [9.17, 15) is 14.7 Å². The number of aryl methyl sites for hydroxylation is 1. The summed E-state index contributed by atoms with van der Waals surface area (Å²) in [5.74, 6) is -0.950. The average Bonchev–Trinajstić information content (AvgIpc) is 3.24. The summed E-state index contributed by atoms with van der Waals surface area (Å²) in [6.45, 7) is 8.98. The Hall–Kier alpha value is -4.44. The van der Waals surface area contributed by atoms with Crippen molar-refractivity contribution >= 4 is 23.2 Å². The van der Waals surface area contributed by atoms with Gasteiger partial charge in [-0.25, -0.2) is 4.79 Å². The number of rotatable bonds is 6. The molecule has 0 unspecified atom stereocenters. The molecule has 4 nitrogen and oxygen atoms in total. The predicted molar refractivity (Wildman–Crippen MR) is 154 cm³/mol. The Kier molecular flexibility index (Phi) is 6.50. The van der Waals surface area contributed by atoms with Crippen molar-refractivity contribution in [2.75, 3.05) is 0 Å². The number of fused-ring (bicyclic) bond motifs is 1. The number of carbonyl (C=O) groups is 2. The number of carboxylic acid groups (broad SMARTS) is 1. The highest BCUT2D eigenvalue weighted by molar-refractivity contribution is 6.08. The summed E-state index contributed by atoms with van der Waals surface area (Å²) in [6, 6.07) is 29.9. The van der Waals surface area contributed by atoms with Gasteiger partial charge in [-0.2, -0.15) is 0 Å². The zero-order chi connectivity index (χ0) is 27.0. The first-order valence-corrected chi connectivity index (χ1v) is 12.8. The normalized spacial score (nSPS) is 11.6. The standard InChI is InChI=1S/C34H31NO3/c1-22-9-12-26(24-13-10-23(21-36)11-14-24)19-27(22)20-35-30-8-6-5-7-29(30)31(32(35)33(37)38)25-15-17-28(18-16-25)34(2,3)4/h5-19,21H,20H2,1-4H3,(H,37,38). The van der Waals surface area contributed by atoms with Crippen molar-refractivity contribution in [1.29, 1.82) is 0 Å². The van der Waals surface area contributed by atoms with Crippen LogP contribution in [0.4, 0.5) is 0 Å². The molecule has 1 N–H and O–H groups in total. The Morgan fingerprint density at radius 1 is 0.842 bits per heavy atom. The van der Waals surface area contributed by atoms with Crippen molar-refractivity contribution in [2.24, 2.45) is 0 Å². The highest BCUT2D eigenvalue weighted by atomic mass is 16.4. The third-order valence-electron chi connectivity index (χ3n) is 7.27. The molecule has 0 saturated carbocycles. The lowest BCUT2D eigenvalue weighted by atomic mass is 9.86. The zero-order valence-electron chi connectivity index (χ0n) is 22.2. The van der Waals surface area contributed by atoms with Crippen LogP contribution in [-0.4, -0.2) is 21.9 Å². The van der Waals surface area contributed by atoms with Crippen LogP contribution < -0.4 is 0 Å². The molecule has 38 heavy (non-hydrogen) atoms. The van der Waals surface area contributed by atoms with Crippen LogP contribution in [0.15, 0.2) is 91.0 Å². The van der Waals surface area contributed by atoms with Gasteiger partial charge in [-0.05, 0) is 57.9 Å². The Labute approximate surface area is 223 Å². The number of aromatic carboxylic acids is 1. The van der Waals surface area contributed by atoms with Crippen molar-refractivity contribution < 1.29 is 14.7 Å². The highest BCUT2D eigenvalue weighted by Gasteiger charge is 2.24. The maximum atomic E-state index is 12.8. The van der Waals surface area contributed by atoms with E-state index in [1.165, 1.54) is 5.56 Å². The minimum atomic E-state index is -0.950. The molecule has 0 saturated heterocycles. The lowest BCUT2D eigenvalue weighted by Gasteiger charge is -2.19. The van der Waals surface area contributed by atoms with Gasteiger partial charge in [0.1, 0.15) is 12.0 Å². The monoisotopic (exact) mass is 501 g/mol. The minimum Gasteiger partial charge on any atom is -0.477 e. The second-order valence-electron chi connectivity index (χ2n) is 10.8. The van der Waals surface area contributed by atoms with Gasteiger partial charge in [-0.15, -0.1) is 0 Å². The molecule has 190 valence electrons. The van der Waals surface area contributed by atoms with E-state index in [1.807, 2.05) is 60.0 Å². The second-order valence-corrected chi connectivity index (χ2v) is 10.8. The number of aldehydes is 1. The van der Waals surface area contributed by atoms with E-state index < -0.39 is 5.97 Å². The van der Waals surface area contributed by atoms with Crippen LogP contribution in [-0.2, 0) is 12.0 Å². The third-order valence-corrected chi connectivity index (χ3v) is 7.27. The summed E-state index contributed by atoms with van der Waals surface area (Å²) in [4.78, 5) is 23.9. The van der Waals surface area contributed by atoms with Crippen molar-refractivity contribution in [3.63, 3.8) is 0 Å². The van der Waals surface area contributed by atoms with E-state index in [-0.39, 0.29) is 11.1 Å². The van der Waals surface area contributed by atoms with Crippen molar-refractivity contribution in [2.45, 2.75) is 39.7 Å². The summed E-state index contributed by atoms with van der Waals surface area (Å²) in [6.07, 6.45) is 0.836. The first-order chi connectivity index (χ1) is 18.2. The fourth-order valence-electron chi connectivity index (χ4n) is 5.06. The lowest BCUT2D eigenvalue weighted by molar-refractivity contribution is 0.0687. The van der Waals surface area contributed by atoms with E-state index in [2.05, 4.69) is 51.1 Å². The van der Waals surface area contributed by atoms with Crippen LogP contribution in [0.3, 0.4) is 0 Å². The second kappa shape index (κ2) is 9.79. The fraction of sp³-hybridized carbons (Fsp3) is 0.176. The largest absolute Gasteiger partial charge is 0.477 e. The molecule has 0 aliphatic heterocycles. The molecule has 1 aromatic heterocycles. The molecule has 0 aliphatic carbocycles. The van der Waals surface area contributed by atoms with Gasteiger partial charge < -0.3 is 9.67 Å². The number of carbonyl (C=O) groups excluding carboxylic acids is 1. The fourth-order valence-corrected chi connectivity index (χ4v) is 5.06. The summed E-state index contributed by atoms with van der Waals surface area (Å²) < 4.78 is 1.92. The predicted octanol–water partition coefficient (Wildman–Crippen LogP) is 8.14. The van der Waals surface area contributed by atoms with Crippen LogP contribution in [0.1, 0.15) is 58.3 Å². The first-order valence-electron chi connectivity index (χ1n) is 12.8. The molecule has 0 radical (unpaired) electrons. The number of hydrogen-bond acceptors (Lipinski definition) is 2. The Morgan fingerprint density at radius 3 is 2.11 bits per heavy atom. The number of hydrogen-bond donors (Lipinski definition) is 1. The van der Waals surface area contributed by atoms with Gasteiger partial charge >= 0.3 is 5.97 Å². The minimum absolute atomic E-state index is 0.0122. The van der Waals surface area contributed by atoms with Gasteiger partial charge in [0, 0.05) is 28.6 Å².